The standard InChI is InChI=1S/C15H18N2OS/c1-10(7-12-5-6-19-9-12)17-13-3-4-14(11(2)18)15(16)8-13/h3-6,8-10,17H,7,16H2,1-2H3. The van der Waals surface area contributed by atoms with E-state index in [0.717, 1.165) is 12.1 Å². The first-order valence-electron chi connectivity index (χ1n) is 6.24. The lowest BCUT2D eigenvalue weighted by Gasteiger charge is -2.15. The number of anilines is 2. The molecule has 0 saturated heterocycles. The number of hydrogen-bond acceptors (Lipinski definition) is 4. The van der Waals surface area contributed by atoms with Crippen LogP contribution in [0.4, 0.5) is 11.4 Å². The van der Waals surface area contributed by atoms with Crippen molar-refractivity contribution < 1.29 is 4.79 Å². The van der Waals surface area contributed by atoms with Crippen molar-refractivity contribution in [1.29, 1.82) is 0 Å². The van der Waals surface area contributed by atoms with Crippen LogP contribution in [0.15, 0.2) is 35.0 Å². The zero-order valence-corrected chi connectivity index (χ0v) is 12.0. The van der Waals surface area contributed by atoms with Crippen molar-refractivity contribution in [1.82, 2.24) is 0 Å². The number of nitrogen functional groups attached to an aromatic ring is 1. The number of ketones is 1. The molecule has 3 N–H and O–H groups in total. The van der Waals surface area contributed by atoms with Gasteiger partial charge in [-0.3, -0.25) is 4.79 Å². The van der Waals surface area contributed by atoms with Gasteiger partial charge in [-0.1, -0.05) is 0 Å². The molecule has 100 valence electrons. The largest absolute Gasteiger partial charge is 0.398 e. The van der Waals surface area contributed by atoms with E-state index in [2.05, 4.69) is 29.1 Å². The molecule has 4 heteroatoms. The van der Waals surface area contributed by atoms with E-state index >= 15 is 0 Å². The molecular formula is C15H18N2OS. The number of nitrogens with two attached hydrogens (primary N) is 1. The van der Waals surface area contributed by atoms with Gasteiger partial charge in [0.1, 0.15) is 0 Å². The first-order valence-corrected chi connectivity index (χ1v) is 7.18. The Hall–Kier alpha value is -1.81. The maximum Gasteiger partial charge on any atom is 0.161 e. The zero-order chi connectivity index (χ0) is 13.8. The lowest BCUT2D eigenvalue weighted by molar-refractivity contribution is 0.101. The summed E-state index contributed by atoms with van der Waals surface area (Å²) in [5.74, 6) is -0.00429. The first-order chi connectivity index (χ1) is 9.06. The van der Waals surface area contributed by atoms with Crippen LogP contribution in [-0.2, 0) is 6.42 Å². The van der Waals surface area contributed by atoms with Gasteiger partial charge in [0.2, 0.25) is 0 Å². The van der Waals surface area contributed by atoms with Crippen LogP contribution in [0.3, 0.4) is 0 Å². The van der Waals surface area contributed by atoms with Gasteiger partial charge in [-0.25, -0.2) is 0 Å². The third kappa shape index (κ3) is 3.58. The molecule has 0 fully saturated rings. The average Bonchev–Trinajstić information content (AvgIpc) is 2.81. The Morgan fingerprint density at radius 1 is 1.42 bits per heavy atom. The van der Waals surface area contributed by atoms with Crippen molar-refractivity contribution in [3.63, 3.8) is 0 Å². The molecular weight excluding hydrogens is 256 g/mol. The smallest absolute Gasteiger partial charge is 0.161 e. The predicted molar refractivity (Wildman–Crippen MR) is 82.0 cm³/mol. The van der Waals surface area contributed by atoms with Gasteiger partial charge in [0.25, 0.3) is 0 Å². The van der Waals surface area contributed by atoms with Gasteiger partial charge in [-0.05, 0) is 60.9 Å². The molecule has 0 spiro atoms. The quantitative estimate of drug-likeness (QED) is 0.647. The molecule has 1 heterocycles. The number of carbonyl (C=O) groups is 1. The fourth-order valence-electron chi connectivity index (χ4n) is 2.07. The van der Waals surface area contributed by atoms with E-state index in [1.165, 1.54) is 12.5 Å². The number of benzene rings is 1. The van der Waals surface area contributed by atoms with E-state index in [-0.39, 0.29) is 5.78 Å². The monoisotopic (exact) mass is 274 g/mol. The van der Waals surface area contributed by atoms with Crippen LogP contribution >= 0.6 is 11.3 Å². The van der Waals surface area contributed by atoms with Crippen molar-refractivity contribution in [2.24, 2.45) is 0 Å². The summed E-state index contributed by atoms with van der Waals surface area (Å²) in [6, 6.07) is 7.95. The summed E-state index contributed by atoms with van der Waals surface area (Å²) < 4.78 is 0. The van der Waals surface area contributed by atoms with Crippen LogP contribution in [-0.4, -0.2) is 11.8 Å². The molecule has 1 atom stereocenters. The number of rotatable bonds is 5. The number of nitrogens with one attached hydrogen (secondary N) is 1. The van der Waals surface area contributed by atoms with E-state index < -0.39 is 0 Å². The minimum Gasteiger partial charge on any atom is -0.398 e. The van der Waals surface area contributed by atoms with E-state index in [1.807, 2.05) is 12.1 Å². The summed E-state index contributed by atoms with van der Waals surface area (Å²) in [5, 5.41) is 7.64. The van der Waals surface area contributed by atoms with Crippen LogP contribution in [0.5, 0.6) is 0 Å². The molecule has 0 aliphatic carbocycles. The SMILES string of the molecule is CC(=O)c1ccc(NC(C)Cc2ccsc2)cc1N. The minimum atomic E-state index is -0.00429. The highest BCUT2D eigenvalue weighted by molar-refractivity contribution is 7.07. The Labute approximate surface area is 117 Å². The topological polar surface area (TPSA) is 55.1 Å². The number of thiophene rings is 1. The highest BCUT2D eigenvalue weighted by Gasteiger charge is 2.08. The second kappa shape index (κ2) is 5.89. The third-order valence-corrected chi connectivity index (χ3v) is 3.70. The van der Waals surface area contributed by atoms with Crippen molar-refractivity contribution in [2.75, 3.05) is 11.1 Å². The molecule has 0 aliphatic rings. The normalized spacial score (nSPS) is 12.1. The maximum absolute atomic E-state index is 11.3. The highest BCUT2D eigenvalue weighted by atomic mass is 32.1. The van der Waals surface area contributed by atoms with Crippen LogP contribution in [0.2, 0.25) is 0 Å². The highest BCUT2D eigenvalue weighted by Crippen LogP contribution is 2.20. The molecule has 0 amide bonds. The van der Waals surface area contributed by atoms with Gasteiger partial charge < -0.3 is 11.1 Å². The second-order valence-corrected chi connectivity index (χ2v) is 5.52. The Morgan fingerprint density at radius 3 is 2.79 bits per heavy atom. The van der Waals surface area contributed by atoms with Gasteiger partial charge in [-0.2, -0.15) is 11.3 Å². The van der Waals surface area contributed by atoms with Gasteiger partial charge >= 0.3 is 0 Å². The minimum absolute atomic E-state index is 0.00429. The molecule has 0 aliphatic heterocycles. The van der Waals surface area contributed by atoms with E-state index in [0.29, 0.717) is 17.3 Å². The Bertz CT molecular complexity index is 564. The van der Waals surface area contributed by atoms with E-state index in [1.54, 1.807) is 17.4 Å². The molecule has 19 heavy (non-hydrogen) atoms. The van der Waals surface area contributed by atoms with Gasteiger partial charge in [-0.15, -0.1) is 0 Å². The van der Waals surface area contributed by atoms with Gasteiger partial charge in [0, 0.05) is 23.0 Å². The summed E-state index contributed by atoms with van der Waals surface area (Å²) in [5.41, 5.74) is 9.26. The zero-order valence-electron chi connectivity index (χ0n) is 11.1. The summed E-state index contributed by atoms with van der Waals surface area (Å²) in [4.78, 5) is 11.3. The molecule has 0 bridgehead atoms. The number of carbonyl (C=O) groups excluding carboxylic acids is 1. The van der Waals surface area contributed by atoms with Gasteiger partial charge in [0.15, 0.2) is 5.78 Å². The number of hydrogen-bond donors (Lipinski definition) is 2. The van der Waals surface area contributed by atoms with Crippen LogP contribution < -0.4 is 11.1 Å². The first kappa shape index (κ1) is 13.6. The Morgan fingerprint density at radius 2 is 2.21 bits per heavy atom. The van der Waals surface area contributed by atoms with Crippen molar-refractivity contribution in [3.05, 3.63) is 46.2 Å². The predicted octanol–water partition coefficient (Wildman–Crippen LogP) is 3.58. The van der Waals surface area contributed by atoms with Crippen molar-refractivity contribution in [2.45, 2.75) is 26.3 Å². The Balaban J connectivity index is 2.03. The van der Waals surface area contributed by atoms with E-state index in [4.69, 9.17) is 5.73 Å². The fraction of sp³-hybridized carbons (Fsp3) is 0.267. The summed E-state index contributed by atoms with van der Waals surface area (Å²) >= 11 is 1.71. The van der Waals surface area contributed by atoms with E-state index in [9.17, 15) is 4.79 Å². The molecule has 1 aromatic heterocycles. The molecule has 0 radical (unpaired) electrons. The molecule has 3 nitrogen and oxygen atoms in total. The van der Waals surface area contributed by atoms with Crippen LogP contribution in [0, 0.1) is 0 Å². The second-order valence-electron chi connectivity index (χ2n) is 4.74. The van der Waals surface area contributed by atoms with Crippen molar-refractivity contribution in [3.8, 4) is 0 Å². The lowest BCUT2D eigenvalue weighted by Crippen LogP contribution is -2.18. The summed E-state index contributed by atoms with van der Waals surface area (Å²) in [6.07, 6.45) is 0.970. The molecule has 0 saturated carbocycles. The molecule has 1 unspecified atom stereocenters. The Kier molecular flexibility index (Phi) is 4.22. The average molecular weight is 274 g/mol. The lowest BCUT2D eigenvalue weighted by atomic mass is 10.1. The van der Waals surface area contributed by atoms with Crippen LogP contribution in [0.1, 0.15) is 29.8 Å². The summed E-state index contributed by atoms with van der Waals surface area (Å²) in [6.45, 7) is 3.66. The van der Waals surface area contributed by atoms with Crippen LogP contribution in [0.25, 0.3) is 0 Å². The molecule has 2 rings (SSSR count). The number of Topliss-reactive ketones (excluding diaryl/α,β-unsaturated/α-hetero) is 1. The third-order valence-electron chi connectivity index (χ3n) is 2.97. The van der Waals surface area contributed by atoms with Gasteiger partial charge in [0.05, 0.1) is 0 Å². The fourth-order valence-corrected chi connectivity index (χ4v) is 2.75. The van der Waals surface area contributed by atoms with Crippen molar-refractivity contribution >= 4 is 28.5 Å². The molecule has 2 aromatic rings. The maximum atomic E-state index is 11.3. The summed E-state index contributed by atoms with van der Waals surface area (Å²) in [7, 11) is 0. The molecule has 1 aromatic carbocycles.